The van der Waals surface area contributed by atoms with Crippen molar-refractivity contribution in [2.75, 3.05) is 11.9 Å². The van der Waals surface area contributed by atoms with E-state index >= 15 is 0 Å². The number of hydrogen-bond donors (Lipinski definition) is 1. The third-order valence-electron chi connectivity index (χ3n) is 3.18. The Morgan fingerprint density at radius 1 is 1.06 bits per heavy atom. The minimum absolute atomic E-state index is 0.0356. The van der Waals surface area contributed by atoms with Gasteiger partial charge in [0.2, 0.25) is 0 Å². The summed E-state index contributed by atoms with van der Waals surface area (Å²) in [6.07, 6.45) is 0. The van der Waals surface area contributed by atoms with Crippen LogP contribution >= 0.6 is 0 Å². The first-order valence-corrected chi connectivity index (χ1v) is 6.24. The lowest BCUT2D eigenvalue weighted by atomic mass is 10.1. The summed E-state index contributed by atoms with van der Waals surface area (Å²) in [4.78, 5) is 2.19. The van der Waals surface area contributed by atoms with E-state index in [0.717, 1.165) is 5.69 Å². The van der Waals surface area contributed by atoms with Gasteiger partial charge in [-0.05, 0) is 43.2 Å². The summed E-state index contributed by atoms with van der Waals surface area (Å²) in [5.74, 6) is 0. The van der Waals surface area contributed by atoms with Crippen molar-refractivity contribution in [3.8, 4) is 0 Å². The van der Waals surface area contributed by atoms with Crippen LogP contribution in [0.25, 0.3) is 0 Å². The van der Waals surface area contributed by atoms with E-state index in [1.54, 1.807) is 0 Å². The fourth-order valence-electron chi connectivity index (χ4n) is 2.15. The molecule has 1 atom stereocenters. The predicted molar refractivity (Wildman–Crippen MR) is 78.3 cm³/mol. The van der Waals surface area contributed by atoms with Crippen LogP contribution in [0.1, 0.15) is 24.1 Å². The Morgan fingerprint density at radius 3 is 2.44 bits per heavy atom. The van der Waals surface area contributed by atoms with E-state index in [1.165, 1.54) is 16.8 Å². The van der Waals surface area contributed by atoms with E-state index in [1.807, 2.05) is 19.1 Å². The molecule has 2 aromatic rings. The fraction of sp³-hybridized carbons (Fsp3) is 0.250. The minimum atomic E-state index is 0.0356. The van der Waals surface area contributed by atoms with Crippen LogP contribution in [-0.2, 0) is 0 Å². The molecule has 0 spiro atoms. The summed E-state index contributed by atoms with van der Waals surface area (Å²) in [5, 5.41) is 0. The van der Waals surface area contributed by atoms with Crippen LogP contribution in [-0.4, -0.2) is 7.05 Å². The van der Waals surface area contributed by atoms with Gasteiger partial charge in [0.25, 0.3) is 0 Å². The number of nitrogens with zero attached hydrogens (tertiary/aromatic N) is 1. The van der Waals surface area contributed by atoms with Crippen LogP contribution < -0.4 is 10.6 Å². The fourth-order valence-corrected chi connectivity index (χ4v) is 2.15. The molecule has 0 unspecified atom stereocenters. The Balaban J connectivity index is 2.43. The second-order valence-electron chi connectivity index (χ2n) is 4.75. The molecule has 2 rings (SSSR count). The first kappa shape index (κ1) is 12.7. The molecule has 18 heavy (non-hydrogen) atoms. The summed E-state index contributed by atoms with van der Waals surface area (Å²) < 4.78 is 0. The summed E-state index contributed by atoms with van der Waals surface area (Å²) in [7, 11) is 2.08. The van der Waals surface area contributed by atoms with Crippen LogP contribution in [0.15, 0.2) is 48.5 Å². The average Bonchev–Trinajstić information content (AvgIpc) is 2.38. The van der Waals surface area contributed by atoms with Crippen molar-refractivity contribution in [2.24, 2.45) is 5.73 Å². The van der Waals surface area contributed by atoms with Crippen molar-refractivity contribution in [1.29, 1.82) is 0 Å². The molecule has 0 aliphatic heterocycles. The van der Waals surface area contributed by atoms with Crippen molar-refractivity contribution < 1.29 is 0 Å². The molecule has 2 nitrogen and oxygen atoms in total. The normalized spacial score (nSPS) is 12.2. The number of rotatable bonds is 3. The zero-order valence-corrected chi connectivity index (χ0v) is 11.2. The molecule has 0 amide bonds. The van der Waals surface area contributed by atoms with Crippen LogP contribution in [0.2, 0.25) is 0 Å². The van der Waals surface area contributed by atoms with Gasteiger partial charge in [0.15, 0.2) is 0 Å². The van der Waals surface area contributed by atoms with Gasteiger partial charge >= 0.3 is 0 Å². The van der Waals surface area contributed by atoms with Gasteiger partial charge in [0.05, 0.1) is 0 Å². The molecule has 0 heterocycles. The van der Waals surface area contributed by atoms with Gasteiger partial charge in [-0.25, -0.2) is 0 Å². The molecule has 0 aliphatic rings. The lowest BCUT2D eigenvalue weighted by Crippen LogP contribution is -2.15. The van der Waals surface area contributed by atoms with Crippen molar-refractivity contribution >= 4 is 11.4 Å². The standard InChI is InChI=1S/C16H20N2/c1-12-7-6-8-14(11-12)18(3)16-10-5-4-9-15(16)13(2)17/h4-11,13H,17H2,1-3H3/t13-/m1/s1. The number of hydrogen-bond acceptors (Lipinski definition) is 2. The molecule has 0 bridgehead atoms. The quantitative estimate of drug-likeness (QED) is 0.884. The topological polar surface area (TPSA) is 29.3 Å². The lowest BCUT2D eigenvalue weighted by Gasteiger charge is -2.24. The Kier molecular flexibility index (Phi) is 3.68. The van der Waals surface area contributed by atoms with Gasteiger partial charge in [0, 0.05) is 24.5 Å². The smallest absolute Gasteiger partial charge is 0.0456 e. The van der Waals surface area contributed by atoms with Gasteiger partial charge in [-0.1, -0.05) is 30.3 Å². The highest BCUT2D eigenvalue weighted by Crippen LogP contribution is 2.30. The van der Waals surface area contributed by atoms with E-state index in [9.17, 15) is 0 Å². The summed E-state index contributed by atoms with van der Waals surface area (Å²) >= 11 is 0. The summed E-state index contributed by atoms with van der Waals surface area (Å²) in [5.41, 5.74) is 10.8. The number of anilines is 2. The highest BCUT2D eigenvalue weighted by atomic mass is 15.1. The molecule has 0 saturated heterocycles. The van der Waals surface area contributed by atoms with Gasteiger partial charge in [-0.2, -0.15) is 0 Å². The van der Waals surface area contributed by atoms with Crippen LogP contribution in [0.3, 0.4) is 0 Å². The maximum Gasteiger partial charge on any atom is 0.0456 e. The maximum absolute atomic E-state index is 6.03. The molecule has 0 fully saturated rings. The average molecular weight is 240 g/mol. The molecule has 0 aromatic heterocycles. The molecule has 2 aromatic carbocycles. The largest absolute Gasteiger partial charge is 0.344 e. The minimum Gasteiger partial charge on any atom is -0.344 e. The number of aryl methyl sites for hydroxylation is 1. The summed E-state index contributed by atoms with van der Waals surface area (Å²) in [6, 6.07) is 16.8. The zero-order valence-electron chi connectivity index (χ0n) is 11.2. The van der Waals surface area contributed by atoms with Gasteiger partial charge < -0.3 is 10.6 Å². The number of benzene rings is 2. The third-order valence-corrected chi connectivity index (χ3v) is 3.18. The molecule has 94 valence electrons. The van der Waals surface area contributed by atoms with Crippen LogP contribution in [0, 0.1) is 6.92 Å². The van der Waals surface area contributed by atoms with E-state index in [2.05, 4.69) is 55.3 Å². The Labute approximate surface area is 109 Å². The SMILES string of the molecule is Cc1cccc(N(C)c2ccccc2[C@@H](C)N)c1. The third kappa shape index (κ3) is 2.54. The summed E-state index contributed by atoms with van der Waals surface area (Å²) in [6.45, 7) is 4.12. The van der Waals surface area contributed by atoms with Crippen molar-refractivity contribution in [3.63, 3.8) is 0 Å². The highest BCUT2D eigenvalue weighted by Gasteiger charge is 2.11. The van der Waals surface area contributed by atoms with Gasteiger partial charge in [-0.15, -0.1) is 0 Å². The van der Waals surface area contributed by atoms with Crippen molar-refractivity contribution in [1.82, 2.24) is 0 Å². The Hall–Kier alpha value is -1.80. The highest BCUT2D eigenvalue weighted by molar-refractivity contribution is 5.66. The van der Waals surface area contributed by atoms with E-state index < -0.39 is 0 Å². The van der Waals surface area contributed by atoms with Crippen LogP contribution in [0.5, 0.6) is 0 Å². The second-order valence-corrected chi connectivity index (χ2v) is 4.75. The first-order valence-electron chi connectivity index (χ1n) is 6.24. The van der Waals surface area contributed by atoms with Crippen LogP contribution in [0.4, 0.5) is 11.4 Å². The van der Waals surface area contributed by atoms with Crippen molar-refractivity contribution in [3.05, 3.63) is 59.7 Å². The molecule has 0 saturated carbocycles. The van der Waals surface area contributed by atoms with E-state index in [0.29, 0.717) is 0 Å². The predicted octanol–water partition coefficient (Wildman–Crippen LogP) is 3.78. The second kappa shape index (κ2) is 5.23. The molecule has 0 aliphatic carbocycles. The van der Waals surface area contributed by atoms with Gasteiger partial charge in [-0.3, -0.25) is 0 Å². The van der Waals surface area contributed by atoms with Crippen molar-refractivity contribution in [2.45, 2.75) is 19.9 Å². The number of para-hydroxylation sites is 1. The molecule has 2 heteroatoms. The Bertz CT molecular complexity index is 532. The maximum atomic E-state index is 6.03. The zero-order chi connectivity index (χ0) is 13.1. The first-order chi connectivity index (χ1) is 8.59. The van der Waals surface area contributed by atoms with E-state index in [4.69, 9.17) is 5.73 Å². The monoisotopic (exact) mass is 240 g/mol. The van der Waals surface area contributed by atoms with E-state index in [-0.39, 0.29) is 6.04 Å². The molecule has 2 N–H and O–H groups in total. The number of nitrogens with two attached hydrogens (primary N) is 1. The Morgan fingerprint density at radius 2 is 1.78 bits per heavy atom. The molecular formula is C16H20N2. The lowest BCUT2D eigenvalue weighted by molar-refractivity contribution is 0.815. The molecular weight excluding hydrogens is 220 g/mol. The van der Waals surface area contributed by atoms with Gasteiger partial charge in [0.1, 0.15) is 0 Å². The molecule has 0 radical (unpaired) electrons.